The van der Waals surface area contributed by atoms with Gasteiger partial charge in [0.15, 0.2) is 0 Å². The van der Waals surface area contributed by atoms with Gasteiger partial charge < -0.3 is 19.4 Å². The second-order valence-electron chi connectivity index (χ2n) is 4.90. The average molecular weight is 289 g/mol. The molecule has 0 aliphatic heterocycles. The zero-order valence-corrected chi connectivity index (χ0v) is 12.9. The van der Waals surface area contributed by atoms with E-state index in [0.29, 0.717) is 6.61 Å². The Morgan fingerprint density at radius 3 is 2.90 bits per heavy atom. The normalized spacial score (nSPS) is 10.8. The molecule has 1 aromatic carbocycles. The number of nitrogens with zero attached hydrogens (tertiary/aromatic N) is 2. The Hall–Kier alpha value is -1.85. The van der Waals surface area contributed by atoms with E-state index in [0.717, 1.165) is 31.2 Å². The Kier molecular flexibility index (Phi) is 5.78. The van der Waals surface area contributed by atoms with Gasteiger partial charge in [-0.1, -0.05) is 12.1 Å². The number of aryl methyl sites for hydroxylation is 1. The van der Waals surface area contributed by atoms with E-state index < -0.39 is 0 Å². The van der Waals surface area contributed by atoms with Crippen LogP contribution in [0.25, 0.3) is 0 Å². The third-order valence-corrected chi connectivity index (χ3v) is 3.40. The Morgan fingerprint density at radius 1 is 1.29 bits per heavy atom. The summed E-state index contributed by atoms with van der Waals surface area (Å²) in [5, 5.41) is 3.35. The van der Waals surface area contributed by atoms with Crippen molar-refractivity contribution in [2.24, 2.45) is 0 Å². The van der Waals surface area contributed by atoms with E-state index in [1.54, 1.807) is 14.2 Å². The molecule has 0 spiro atoms. The van der Waals surface area contributed by atoms with Crippen molar-refractivity contribution in [2.75, 3.05) is 27.4 Å². The molecule has 0 fully saturated rings. The first kappa shape index (κ1) is 15.5. The number of benzene rings is 1. The highest BCUT2D eigenvalue weighted by Gasteiger charge is 2.07. The first-order chi connectivity index (χ1) is 10.2. The van der Waals surface area contributed by atoms with Crippen LogP contribution in [0, 0.1) is 6.92 Å². The second kappa shape index (κ2) is 7.81. The van der Waals surface area contributed by atoms with Crippen molar-refractivity contribution in [1.29, 1.82) is 0 Å². The molecule has 5 nitrogen and oxygen atoms in total. The lowest BCUT2D eigenvalue weighted by Crippen LogP contribution is -2.21. The lowest BCUT2D eigenvalue weighted by atomic mass is 10.2. The van der Waals surface area contributed by atoms with Gasteiger partial charge in [-0.3, -0.25) is 0 Å². The van der Waals surface area contributed by atoms with E-state index >= 15 is 0 Å². The summed E-state index contributed by atoms with van der Waals surface area (Å²) >= 11 is 0. The standard InChI is InChI=1S/C16H23N3O2/c1-13-18-11-15(10-17-7-8-20-2)19(13)12-14-5-4-6-16(9-14)21-3/h4-6,9,11,17H,7-8,10,12H2,1-3H3. The van der Waals surface area contributed by atoms with E-state index in [9.17, 15) is 0 Å². The van der Waals surface area contributed by atoms with Gasteiger partial charge in [0.05, 0.1) is 19.4 Å². The molecule has 21 heavy (non-hydrogen) atoms. The number of aromatic nitrogens is 2. The van der Waals surface area contributed by atoms with Gasteiger partial charge in [0.25, 0.3) is 0 Å². The van der Waals surface area contributed by atoms with Crippen LogP contribution in [0.5, 0.6) is 5.75 Å². The minimum Gasteiger partial charge on any atom is -0.497 e. The van der Waals surface area contributed by atoms with Crippen molar-refractivity contribution in [3.05, 3.63) is 47.5 Å². The molecule has 0 unspecified atom stereocenters. The fourth-order valence-electron chi connectivity index (χ4n) is 2.22. The zero-order chi connectivity index (χ0) is 15.1. The number of nitrogens with one attached hydrogen (secondary N) is 1. The maximum atomic E-state index is 5.28. The molecule has 1 N–H and O–H groups in total. The van der Waals surface area contributed by atoms with Crippen molar-refractivity contribution >= 4 is 0 Å². The first-order valence-electron chi connectivity index (χ1n) is 7.08. The molecule has 2 aromatic rings. The lowest BCUT2D eigenvalue weighted by Gasteiger charge is -2.12. The van der Waals surface area contributed by atoms with Crippen molar-refractivity contribution in [3.8, 4) is 5.75 Å². The van der Waals surface area contributed by atoms with Gasteiger partial charge in [-0.2, -0.15) is 0 Å². The zero-order valence-electron chi connectivity index (χ0n) is 12.9. The topological polar surface area (TPSA) is 48.3 Å². The molecular formula is C16H23N3O2. The minimum absolute atomic E-state index is 0.711. The van der Waals surface area contributed by atoms with Crippen LogP contribution >= 0.6 is 0 Å². The summed E-state index contributed by atoms with van der Waals surface area (Å²) in [6, 6.07) is 8.13. The van der Waals surface area contributed by atoms with Gasteiger partial charge in [-0.15, -0.1) is 0 Å². The summed E-state index contributed by atoms with van der Waals surface area (Å²) in [6.07, 6.45) is 1.93. The molecule has 1 heterocycles. The molecule has 0 aliphatic carbocycles. The predicted octanol–water partition coefficient (Wildman–Crippen LogP) is 1.98. The van der Waals surface area contributed by atoms with Crippen molar-refractivity contribution in [1.82, 2.24) is 14.9 Å². The quantitative estimate of drug-likeness (QED) is 0.755. The van der Waals surface area contributed by atoms with E-state index in [1.807, 2.05) is 25.3 Å². The monoisotopic (exact) mass is 289 g/mol. The highest BCUT2D eigenvalue weighted by Crippen LogP contribution is 2.15. The number of methoxy groups -OCH3 is 2. The van der Waals surface area contributed by atoms with Gasteiger partial charge in [0.1, 0.15) is 11.6 Å². The smallest absolute Gasteiger partial charge is 0.119 e. The van der Waals surface area contributed by atoms with Crippen LogP contribution in [-0.2, 0) is 17.8 Å². The maximum absolute atomic E-state index is 5.28. The molecule has 0 atom stereocenters. The number of hydrogen-bond donors (Lipinski definition) is 1. The van der Waals surface area contributed by atoms with Crippen LogP contribution in [0.4, 0.5) is 0 Å². The van der Waals surface area contributed by atoms with E-state index in [1.165, 1.54) is 11.3 Å². The van der Waals surface area contributed by atoms with Crippen molar-refractivity contribution < 1.29 is 9.47 Å². The SMILES string of the molecule is COCCNCc1cnc(C)n1Cc1cccc(OC)c1. The summed E-state index contributed by atoms with van der Waals surface area (Å²) in [5.41, 5.74) is 2.38. The molecule has 0 radical (unpaired) electrons. The molecule has 114 valence electrons. The van der Waals surface area contributed by atoms with Crippen LogP contribution in [0.15, 0.2) is 30.5 Å². The van der Waals surface area contributed by atoms with Crippen LogP contribution < -0.4 is 10.1 Å². The molecule has 0 saturated heterocycles. The Balaban J connectivity index is 2.06. The predicted molar refractivity (Wildman–Crippen MR) is 82.6 cm³/mol. The summed E-state index contributed by atoms with van der Waals surface area (Å²) in [4.78, 5) is 4.41. The highest BCUT2D eigenvalue weighted by molar-refractivity contribution is 5.29. The fraction of sp³-hybridized carbons (Fsp3) is 0.438. The number of ether oxygens (including phenoxy) is 2. The molecular weight excluding hydrogens is 266 g/mol. The average Bonchev–Trinajstić information content (AvgIpc) is 2.85. The van der Waals surface area contributed by atoms with Crippen molar-refractivity contribution in [3.63, 3.8) is 0 Å². The minimum atomic E-state index is 0.711. The summed E-state index contributed by atoms with van der Waals surface area (Å²) in [7, 11) is 3.39. The highest BCUT2D eigenvalue weighted by atomic mass is 16.5. The van der Waals surface area contributed by atoms with Gasteiger partial charge >= 0.3 is 0 Å². The van der Waals surface area contributed by atoms with Crippen LogP contribution in [0.1, 0.15) is 17.1 Å². The number of rotatable bonds is 8. The third kappa shape index (κ3) is 4.31. The second-order valence-corrected chi connectivity index (χ2v) is 4.90. The largest absolute Gasteiger partial charge is 0.497 e. The van der Waals surface area contributed by atoms with Gasteiger partial charge in [-0.05, 0) is 24.6 Å². The van der Waals surface area contributed by atoms with E-state index in [4.69, 9.17) is 9.47 Å². The first-order valence-corrected chi connectivity index (χ1v) is 7.08. The fourth-order valence-corrected chi connectivity index (χ4v) is 2.22. The molecule has 0 amide bonds. The van der Waals surface area contributed by atoms with Gasteiger partial charge in [-0.25, -0.2) is 4.98 Å². The molecule has 0 bridgehead atoms. The van der Waals surface area contributed by atoms with Gasteiger partial charge in [0, 0.05) is 32.9 Å². The number of imidazole rings is 1. The summed E-state index contributed by atoms with van der Waals surface area (Å²) in [5.74, 6) is 1.89. The van der Waals surface area contributed by atoms with E-state index in [2.05, 4.69) is 27.0 Å². The summed E-state index contributed by atoms with van der Waals surface area (Å²) in [6.45, 7) is 5.15. The third-order valence-electron chi connectivity index (χ3n) is 3.40. The number of hydrogen-bond acceptors (Lipinski definition) is 4. The molecule has 0 saturated carbocycles. The van der Waals surface area contributed by atoms with Crippen LogP contribution in [0.3, 0.4) is 0 Å². The Labute approximate surface area is 125 Å². The van der Waals surface area contributed by atoms with Crippen LogP contribution in [0.2, 0.25) is 0 Å². The molecule has 5 heteroatoms. The van der Waals surface area contributed by atoms with Gasteiger partial charge in [0.2, 0.25) is 0 Å². The molecule has 0 aliphatic rings. The molecule has 2 rings (SSSR count). The maximum Gasteiger partial charge on any atom is 0.119 e. The van der Waals surface area contributed by atoms with Crippen LogP contribution in [-0.4, -0.2) is 36.9 Å². The summed E-state index contributed by atoms with van der Waals surface area (Å²) < 4.78 is 12.5. The molecule has 1 aromatic heterocycles. The lowest BCUT2D eigenvalue weighted by molar-refractivity contribution is 0.199. The van der Waals surface area contributed by atoms with Crippen molar-refractivity contribution in [2.45, 2.75) is 20.0 Å². The van der Waals surface area contributed by atoms with E-state index in [-0.39, 0.29) is 0 Å². The Bertz CT molecular complexity index is 566. The Morgan fingerprint density at radius 2 is 2.14 bits per heavy atom.